The fourth-order valence-electron chi connectivity index (χ4n) is 1.81. The van der Waals surface area contributed by atoms with Crippen molar-refractivity contribution in [3.63, 3.8) is 0 Å². The molecule has 3 heteroatoms. The molecule has 1 N–H and O–H groups in total. The molecule has 0 atom stereocenters. The SMILES string of the molecule is CC(C)c1ccc(/C=C/C(=O)NCc2cccs2)cc1. The van der Waals surface area contributed by atoms with Crippen LogP contribution in [0.4, 0.5) is 0 Å². The Morgan fingerprint density at radius 3 is 2.60 bits per heavy atom. The fraction of sp³-hybridized carbons (Fsp3) is 0.235. The summed E-state index contributed by atoms with van der Waals surface area (Å²) in [5, 5.41) is 4.88. The van der Waals surface area contributed by atoms with E-state index in [1.165, 1.54) is 5.56 Å². The molecule has 0 bridgehead atoms. The molecule has 2 aromatic rings. The molecule has 0 saturated carbocycles. The van der Waals surface area contributed by atoms with E-state index < -0.39 is 0 Å². The van der Waals surface area contributed by atoms with Gasteiger partial charge in [-0.15, -0.1) is 11.3 Å². The van der Waals surface area contributed by atoms with Crippen molar-refractivity contribution < 1.29 is 4.79 Å². The van der Waals surface area contributed by atoms with Crippen LogP contribution in [0.3, 0.4) is 0 Å². The van der Waals surface area contributed by atoms with Crippen molar-refractivity contribution in [2.75, 3.05) is 0 Å². The van der Waals surface area contributed by atoms with Gasteiger partial charge in [0.1, 0.15) is 0 Å². The zero-order chi connectivity index (χ0) is 14.4. The van der Waals surface area contributed by atoms with Gasteiger partial charge in [0, 0.05) is 11.0 Å². The van der Waals surface area contributed by atoms with E-state index in [2.05, 4.69) is 31.3 Å². The zero-order valence-electron chi connectivity index (χ0n) is 11.8. The van der Waals surface area contributed by atoms with E-state index in [1.54, 1.807) is 17.4 Å². The van der Waals surface area contributed by atoms with Crippen LogP contribution in [0.1, 0.15) is 35.8 Å². The molecule has 0 saturated heterocycles. The summed E-state index contributed by atoms with van der Waals surface area (Å²) < 4.78 is 0. The minimum atomic E-state index is -0.0636. The summed E-state index contributed by atoms with van der Waals surface area (Å²) >= 11 is 1.64. The Kier molecular flexibility index (Phi) is 5.13. The third-order valence-electron chi connectivity index (χ3n) is 3.05. The summed E-state index contributed by atoms with van der Waals surface area (Å²) in [5.41, 5.74) is 2.35. The molecule has 2 rings (SSSR count). The maximum Gasteiger partial charge on any atom is 0.244 e. The summed E-state index contributed by atoms with van der Waals surface area (Å²) in [6, 6.07) is 12.3. The highest BCUT2D eigenvalue weighted by Crippen LogP contribution is 2.15. The number of hydrogen-bond acceptors (Lipinski definition) is 2. The molecule has 1 amide bonds. The second-order valence-corrected chi connectivity index (χ2v) is 5.98. The first-order valence-corrected chi connectivity index (χ1v) is 7.61. The van der Waals surface area contributed by atoms with Crippen LogP contribution < -0.4 is 5.32 Å². The van der Waals surface area contributed by atoms with Crippen molar-refractivity contribution >= 4 is 23.3 Å². The molecule has 0 aliphatic heterocycles. The number of carbonyl (C=O) groups is 1. The molecule has 0 radical (unpaired) electrons. The maximum atomic E-state index is 11.7. The van der Waals surface area contributed by atoms with Crippen LogP contribution in [0.25, 0.3) is 6.08 Å². The van der Waals surface area contributed by atoms with Gasteiger partial charge in [0.25, 0.3) is 0 Å². The summed E-state index contributed by atoms with van der Waals surface area (Å²) in [7, 11) is 0. The third kappa shape index (κ3) is 4.35. The van der Waals surface area contributed by atoms with E-state index in [1.807, 2.05) is 35.7 Å². The van der Waals surface area contributed by atoms with Crippen LogP contribution in [0.5, 0.6) is 0 Å². The lowest BCUT2D eigenvalue weighted by atomic mass is 10.0. The molecular formula is C17H19NOS. The Morgan fingerprint density at radius 1 is 1.25 bits per heavy atom. The predicted octanol–water partition coefficient (Wildman–Crippen LogP) is 4.20. The minimum absolute atomic E-state index is 0.0636. The van der Waals surface area contributed by atoms with Gasteiger partial charge in [0.2, 0.25) is 5.91 Å². The van der Waals surface area contributed by atoms with Crippen molar-refractivity contribution in [2.24, 2.45) is 0 Å². The van der Waals surface area contributed by atoms with Crippen LogP contribution in [0.15, 0.2) is 47.9 Å². The van der Waals surface area contributed by atoms with Crippen molar-refractivity contribution in [1.82, 2.24) is 5.32 Å². The lowest BCUT2D eigenvalue weighted by molar-refractivity contribution is -0.116. The third-order valence-corrected chi connectivity index (χ3v) is 3.92. The van der Waals surface area contributed by atoms with E-state index in [9.17, 15) is 4.79 Å². The van der Waals surface area contributed by atoms with Gasteiger partial charge in [-0.1, -0.05) is 44.2 Å². The summed E-state index contributed by atoms with van der Waals surface area (Å²) in [5.74, 6) is 0.466. The van der Waals surface area contributed by atoms with E-state index >= 15 is 0 Å². The van der Waals surface area contributed by atoms with Crippen molar-refractivity contribution in [3.8, 4) is 0 Å². The number of nitrogens with one attached hydrogen (secondary N) is 1. The lowest BCUT2D eigenvalue weighted by Crippen LogP contribution is -2.19. The zero-order valence-corrected chi connectivity index (χ0v) is 12.6. The largest absolute Gasteiger partial charge is 0.348 e. The van der Waals surface area contributed by atoms with Gasteiger partial charge in [0.15, 0.2) is 0 Å². The molecule has 0 aliphatic rings. The first-order chi connectivity index (χ1) is 9.65. The van der Waals surface area contributed by atoms with Gasteiger partial charge in [-0.3, -0.25) is 4.79 Å². The average molecular weight is 285 g/mol. The predicted molar refractivity (Wildman–Crippen MR) is 85.7 cm³/mol. The number of thiophene rings is 1. The lowest BCUT2D eigenvalue weighted by Gasteiger charge is -2.04. The van der Waals surface area contributed by atoms with Gasteiger partial charge < -0.3 is 5.32 Å². The van der Waals surface area contributed by atoms with Crippen molar-refractivity contribution in [1.29, 1.82) is 0 Å². The monoisotopic (exact) mass is 285 g/mol. The maximum absolute atomic E-state index is 11.7. The molecule has 104 valence electrons. The molecule has 2 nitrogen and oxygen atoms in total. The number of carbonyl (C=O) groups excluding carboxylic acids is 1. The van der Waals surface area contributed by atoms with Crippen LogP contribution in [-0.2, 0) is 11.3 Å². The van der Waals surface area contributed by atoms with Crippen molar-refractivity contribution in [3.05, 3.63) is 63.9 Å². The highest BCUT2D eigenvalue weighted by molar-refractivity contribution is 7.09. The topological polar surface area (TPSA) is 29.1 Å². The number of benzene rings is 1. The van der Waals surface area contributed by atoms with E-state index in [4.69, 9.17) is 0 Å². The highest BCUT2D eigenvalue weighted by atomic mass is 32.1. The molecule has 1 aromatic carbocycles. The van der Waals surface area contributed by atoms with Crippen LogP contribution in [0, 0.1) is 0 Å². The van der Waals surface area contributed by atoms with Gasteiger partial charge in [-0.2, -0.15) is 0 Å². The second-order valence-electron chi connectivity index (χ2n) is 4.95. The molecule has 0 fully saturated rings. The Morgan fingerprint density at radius 2 is 2.00 bits per heavy atom. The number of rotatable bonds is 5. The Labute approximate surface area is 124 Å². The summed E-state index contributed by atoms with van der Waals surface area (Å²) in [6.07, 6.45) is 3.42. The van der Waals surface area contributed by atoms with Crippen LogP contribution in [-0.4, -0.2) is 5.91 Å². The first-order valence-electron chi connectivity index (χ1n) is 6.73. The van der Waals surface area contributed by atoms with E-state index in [0.29, 0.717) is 12.5 Å². The van der Waals surface area contributed by atoms with Gasteiger partial charge in [-0.05, 0) is 34.6 Å². The molecule has 1 heterocycles. The highest BCUT2D eigenvalue weighted by Gasteiger charge is 1.99. The number of amides is 1. The normalized spacial score (nSPS) is 11.2. The average Bonchev–Trinajstić information content (AvgIpc) is 2.96. The quantitative estimate of drug-likeness (QED) is 0.820. The molecule has 0 unspecified atom stereocenters. The Bertz CT molecular complexity index is 568. The molecule has 0 spiro atoms. The summed E-state index contributed by atoms with van der Waals surface area (Å²) in [6.45, 7) is 4.93. The van der Waals surface area contributed by atoms with Gasteiger partial charge in [-0.25, -0.2) is 0 Å². The van der Waals surface area contributed by atoms with E-state index in [0.717, 1.165) is 10.4 Å². The smallest absolute Gasteiger partial charge is 0.244 e. The Hall–Kier alpha value is -1.87. The fourth-order valence-corrected chi connectivity index (χ4v) is 2.45. The van der Waals surface area contributed by atoms with Crippen molar-refractivity contribution in [2.45, 2.75) is 26.3 Å². The van der Waals surface area contributed by atoms with E-state index in [-0.39, 0.29) is 5.91 Å². The minimum Gasteiger partial charge on any atom is -0.348 e. The second kappa shape index (κ2) is 7.06. The summed E-state index contributed by atoms with van der Waals surface area (Å²) in [4.78, 5) is 12.9. The number of hydrogen-bond donors (Lipinski definition) is 1. The molecular weight excluding hydrogens is 266 g/mol. The molecule has 1 aromatic heterocycles. The standard InChI is InChI=1S/C17H19NOS/c1-13(2)15-8-5-14(6-9-15)7-10-17(19)18-12-16-4-3-11-20-16/h3-11,13H,12H2,1-2H3,(H,18,19)/b10-7+. The van der Waals surface area contributed by atoms with Gasteiger partial charge in [0.05, 0.1) is 6.54 Å². The van der Waals surface area contributed by atoms with Gasteiger partial charge >= 0.3 is 0 Å². The molecule has 20 heavy (non-hydrogen) atoms. The first kappa shape index (κ1) is 14.5. The Balaban J connectivity index is 1.86. The van der Waals surface area contributed by atoms with Crippen LogP contribution >= 0.6 is 11.3 Å². The van der Waals surface area contributed by atoms with Crippen LogP contribution in [0.2, 0.25) is 0 Å². The molecule has 0 aliphatic carbocycles.